The molecule has 0 bridgehead atoms. The van der Waals surface area contributed by atoms with Gasteiger partial charge in [0.05, 0.1) is 0 Å². The van der Waals surface area contributed by atoms with Crippen molar-refractivity contribution in [2.45, 2.75) is 84.0 Å². The zero-order valence-corrected chi connectivity index (χ0v) is 16.6. The molecule has 26 heavy (non-hydrogen) atoms. The summed E-state index contributed by atoms with van der Waals surface area (Å²) in [6, 6.07) is 12.0. The van der Waals surface area contributed by atoms with Crippen LogP contribution in [-0.2, 0) is 4.79 Å². The number of carboxylic acids is 1. The third-order valence-corrected chi connectivity index (χ3v) is 4.01. The predicted octanol–water partition coefficient (Wildman–Crippen LogP) is 7.57. The van der Waals surface area contributed by atoms with Gasteiger partial charge in [-0.25, -0.2) is 0 Å². The molecule has 0 aliphatic rings. The second-order valence-corrected chi connectivity index (χ2v) is 6.53. The second kappa shape index (κ2) is 21.2. The molecule has 0 spiro atoms. The summed E-state index contributed by atoms with van der Waals surface area (Å²) in [6.45, 7) is 2.23. The highest BCUT2D eigenvalue weighted by Crippen LogP contribution is 2.08. The first-order valence-corrected chi connectivity index (χ1v) is 10.3. The average molecular weight is 359 g/mol. The summed E-state index contributed by atoms with van der Waals surface area (Å²) < 4.78 is 0. The fourth-order valence-corrected chi connectivity index (χ4v) is 2.47. The summed E-state index contributed by atoms with van der Waals surface area (Å²) in [6.07, 6.45) is 22.3. The second-order valence-electron chi connectivity index (χ2n) is 6.53. The minimum absolute atomic E-state index is 0.324. The number of carboxylic acid groups (broad SMARTS) is 1. The summed E-state index contributed by atoms with van der Waals surface area (Å²) in [4.78, 5) is 10.3. The fourth-order valence-electron chi connectivity index (χ4n) is 2.47. The predicted molar refractivity (Wildman–Crippen MR) is 113 cm³/mol. The topological polar surface area (TPSA) is 37.3 Å². The number of benzene rings is 1. The van der Waals surface area contributed by atoms with Crippen molar-refractivity contribution in [1.29, 1.82) is 0 Å². The van der Waals surface area contributed by atoms with Crippen LogP contribution >= 0.6 is 0 Å². The maximum atomic E-state index is 10.3. The maximum absolute atomic E-state index is 10.3. The van der Waals surface area contributed by atoms with Gasteiger partial charge in [0.1, 0.15) is 0 Å². The number of allylic oxidation sites excluding steroid dienone is 4. The molecular weight excluding hydrogens is 320 g/mol. The molecule has 0 aromatic heterocycles. The lowest BCUT2D eigenvalue weighted by molar-refractivity contribution is -0.137. The Hall–Kier alpha value is -1.83. The third kappa shape index (κ3) is 22.2. The number of rotatable bonds is 14. The molecule has 1 aromatic rings. The van der Waals surface area contributed by atoms with Crippen LogP contribution in [0.3, 0.4) is 0 Å². The largest absolute Gasteiger partial charge is 0.481 e. The van der Waals surface area contributed by atoms with Crippen LogP contribution in [0.5, 0.6) is 0 Å². The minimum atomic E-state index is -0.671. The van der Waals surface area contributed by atoms with E-state index in [1.165, 1.54) is 44.9 Å². The zero-order valence-electron chi connectivity index (χ0n) is 16.6. The number of carbonyl (C=O) groups is 1. The average Bonchev–Trinajstić information content (AvgIpc) is 2.66. The zero-order chi connectivity index (χ0) is 19.1. The van der Waals surface area contributed by atoms with Gasteiger partial charge in [0, 0.05) is 6.42 Å². The van der Waals surface area contributed by atoms with E-state index >= 15 is 0 Å². The molecule has 0 aliphatic heterocycles. The number of unbranched alkanes of at least 4 members (excludes halogenated alkanes) is 8. The molecule has 0 fully saturated rings. The highest BCUT2D eigenvalue weighted by molar-refractivity contribution is 5.66. The first kappa shape index (κ1) is 24.2. The van der Waals surface area contributed by atoms with E-state index in [1.807, 2.05) is 36.4 Å². The molecule has 0 unspecified atom stereocenters. The molecule has 0 saturated heterocycles. The Balaban J connectivity index is 0.000000867. The van der Waals surface area contributed by atoms with Gasteiger partial charge in [-0.15, -0.1) is 0 Å². The van der Waals surface area contributed by atoms with Crippen LogP contribution < -0.4 is 0 Å². The fraction of sp³-hybridized carbons (Fsp3) is 0.542. The van der Waals surface area contributed by atoms with Gasteiger partial charge >= 0.3 is 5.97 Å². The number of hydrogen-bond acceptors (Lipinski definition) is 1. The Morgan fingerprint density at radius 2 is 1.15 bits per heavy atom. The van der Waals surface area contributed by atoms with Gasteiger partial charge in [-0.1, -0.05) is 99.7 Å². The minimum Gasteiger partial charge on any atom is -0.481 e. The lowest BCUT2D eigenvalue weighted by Gasteiger charge is -1.98. The van der Waals surface area contributed by atoms with Gasteiger partial charge in [0.2, 0.25) is 0 Å². The molecule has 1 rings (SSSR count). The van der Waals surface area contributed by atoms with Crippen molar-refractivity contribution < 1.29 is 9.90 Å². The number of aliphatic carboxylic acids is 1. The molecule has 1 aromatic carbocycles. The van der Waals surface area contributed by atoms with Gasteiger partial charge < -0.3 is 5.11 Å². The molecule has 0 heterocycles. The van der Waals surface area contributed by atoms with Crippen LogP contribution in [0.2, 0.25) is 0 Å². The Bertz CT molecular complexity index is 422. The quantitative estimate of drug-likeness (QED) is 0.275. The van der Waals surface area contributed by atoms with Crippen LogP contribution in [0.15, 0.2) is 60.7 Å². The van der Waals surface area contributed by atoms with Crippen LogP contribution in [0.25, 0.3) is 0 Å². The normalized spacial score (nSPS) is 10.8. The van der Waals surface area contributed by atoms with E-state index < -0.39 is 5.97 Å². The maximum Gasteiger partial charge on any atom is 0.303 e. The van der Waals surface area contributed by atoms with Gasteiger partial charge in [-0.2, -0.15) is 0 Å². The summed E-state index contributed by atoms with van der Waals surface area (Å²) in [7, 11) is 0. The van der Waals surface area contributed by atoms with Crippen LogP contribution in [0, 0.1) is 0 Å². The Labute approximate surface area is 161 Å². The highest BCUT2D eigenvalue weighted by Gasteiger charge is 1.95. The van der Waals surface area contributed by atoms with Crippen molar-refractivity contribution >= 4 is 5.97 Å². The van der Waals surface area contributed by atoms with Crippen molar-refractivity contribution in [2.24, 2.45) is 0 Å². The van der Waals surface area contributed by atoms with E-state index in [4.69, 9.17) is 5.11 Å². The molecule has 0 aliphatic carbocycles. The van der Waals surface area contributed by atoms with Crippen molar-refractivity contribution in [3.63, 3.8) is 0 Å². The lowest BCUT2D eigenvalue weighted by Crippen LogP contribution is -1.93. The third-order valence-electron chi connectivity index (χ3n) is 4.01. The number of hydrogen-bond donors (Lipinski definition) is 1. The monoisotopic (exact) mass is 358 g/mol. The van der Waals surface area contributed by atoms with Crippen LogP contribution in [0.4, 0.5) is 0 Å². The van der Waals surface area contributed by atoms with E-state index in [2.05, 4.69) is 31.2 Å². The summed E-state index contributed by atoms with van der Waals surface area (Å²) >= 11 is 0. The Morgan fingerprint density at radius 1 is 0.692 bits per heavy atom. The van der Waals surface area contributed by atoms with E-state index in [0.717, 1.165) is 25.7 Å². The molecule has 146 valence electrons. The standard InChI is InChI=1S/C18H32O2.C6H6/c1-2-3-4-5-6-7-8-9-10-11-12-13-14-15-16-17-18(19)20;1-2-4-6-5-3-1/h6-7,9-10H,2-5,8,11-17H2,1H3,(H,19,20);1-6H/b7-6-,10-9-;. The van der Waals surface area contributed by atoms with Crippen molar-refractivity contribution in [1.82, 2.24) is 0 Å². The van der Waals surface area contributed by atoms with Gasteiger partial charge in [0.15, 0.2) is 0 Å². The van der Waals surface area contributed by atoms with Gasteiger partial charge in [0.25, 0.3) is 0 Å². The lowest BCUT2D eigenvalue weighted by atomic mass is 10.1. The molecule has 2 nitrogen and oxygen atoms in total. The molecule has 0 saturated carbocycles. The van der Waals surface area contributed by atoms with Gasteiger partial charge in [-0.05, 0) is 38.5 Å². The molecular formula is C24H38O2. The molecule has 2 heteroatoms. The smallest absolute Gasteiger partial charge is 0.303 e. The summed E-state index contributed by atoms with van der Waals surface area (Å²) in [5.41, 5.74) is 0. The van der Waals surface area contributed by atoms with Crippen molar-refractivity contribution in [3.8, 4) is 0 Å². The van der Waals surface area contributed by atoms with E-state index in [0.29, 0.717) is 6.42 Å². The first-order valence-electron chi connectivity index (χ1n) is 10.3. The Kier molecular flexibility index (Phi) is 19.7. The summed E-state index contributed by atoms with van der Waals surface area (Å²) in [5, 5.41) is 8.50. The molecule has 1 N–H and O–H groups in total. The van der Waals surface area contributed by atoms with Crippen LogP contribution in [-0.4, -0.2) is 11.1 Å². The van der Waals surface area contributed by atoms with Gasteiger partial charge in [-0.3, -0.25) is 4.79 Å². The highest BCUT2D eigenvalue weighted by atomic mass is 16.4. The SMILES string of the molecule is CCCCC/C=C\C/C=C\CCCCCCCC(=O)O.c1ccccc1. The molecule has 0 radical (unpaired) electrons. The van der Waals surface area contributed by atoms with E-state index in [9.17, 15) is 4.79 Å². The molecule has 0 atom stereocenters. The van der Waals surface area contributed by atoms with Crippen molar-refractivity contribution in [2.75, 3.05) is 0 Å². The molecule has 0 amide bonds. The summed E-state index contributed by atoms with van der Waals surface area (Å²) in [5.74, 6) is -0.671. The van der Waals surface area contributed by atoms with Crippen molar-refractivity contribution in [3.05, 3.63) is 60.7 Å². The van der Waals surface area contributed by atoms with E-state index in [1.54, 1.807) is 0 Å². The van der Waals surface area contributed by atoms with Crippen LogP contribution in [0.1, 0.15) is 84.0 Å². The Morgan fingerprint density at radius 3 is 1.65 bits per heavy atom. The van der Waals surface area contributed by atoms with E-state index in [-0.39, 0.29) is 0 Å². The first-order chi connectivity index (χ1) is 12.8.